The SMILES string of the molecule is Cc1ccc(C2=CC(n3nnc(-c4ccccn4)n3)=CCN=C2)cc1. The zero-order chi connectivity index (χ0) is 17.1. The molecule has 0 N–H and O–H groups in total. The molecule has 6 nitrogen and oxygen atoms in total. The number of hydrogen-bond donors (Lipinski definition) is 0. The second-order valence-electron chi connectivity index (χ2n) is 5.71. The van der Waals surface area contributed by atoms with E-state index < -0.39 is 0 Å². The van der Waals surface area contributed by atoms with Gasteiger partial charge in [0.15, 0.2) is 0 Å². The highest BCUT2D eigenvalue weighted by Crippen LogP contribution is 2.20. The number of benzene rings is 1. The first-order chi connectivity index (χ1) is 12.3. The lowest BCUT2D eigenvalue weighted by molar-refractivity contribution is 0.740. The fourth-order valence-electron chi connectivity index (χ4n) is 2.52. The van der Waals surface area contributed by atoms with Crippen LogP contribution in [0.1, 0.15) is 11.1 Å². The maximum Gasteiger partial charge on any atom is 0.223 e. The minimum Gasteiger partial charge on any atom is -0.288 e. The summed E-state index contributed by atoms with van der Waals surface area (Å²) in [5.41, 5.74) is 4.88. The maximum atomic E-state index is 4.45. The Bertz CT molecular complexity index is 965. The molecule has 1 aliphatic rings. The van der Waals surface area contributed by atoms with Crippen LogP contribution in [0.15, 0.2) is 65.8 Å². The first-order valence-electron chi connectivity index (χ1n) is 8.00. The van der Waals surface area contributed by atoms with Crippen LogP contribution in [0.5, 0.6) is 0 Å². The van der Waals surface area contributed by atoms with Crippen LogP contribution in [-0.2, 0) is 0 Å². The lowest BCUT2D eigenvalue weighted by Gasteiger charge is -2.03. The second-order valence-corrected chi connectivity index (χ2v) is 5.71. The Morgan fingerprint density at radius 2 is 1.92 bits per heavy atom. The predicted molar refractivity (Wildman–Crippen MR) is 97.8 cm³/mol. The van der Waals surface area contributed by atoms with Crippen LogP contribution in [-0.4, -0.2) is 38.0 Å². The Morgan fingerprint density at radius 3 is 2.72 bits per heavy atom. The van der Waals surface area contributed by atoms with Gasteiger partial charge in [0.05, 0.1) is 12.2 Å². The first-order valence-corrected chi connectivity index (χ1v) is 8.00. The number of tetrazole rings is 1. The molecule has 0 aliphatic carbocycles. The molecule has 3 heterocycles. The van der Waals surface area contributed by atoms with Crippen molar-refractivity contribution in [1.29, 1.82) is 0 Å². The van der Waals surface area contributed by atoms with E-state index in [0.717, 1.165) is 16.8 Å². The van der Waals surface area contributed by atoms with Gasteiger partial charge in [0.1, 0.15) is 5.69 Å². The van der Waals surface area contributed by atoms with Crippen molar-refractivity contribution in [1.82, 2.24) is 25.2 Å². The van der Waals surface area contributed by atoms with Gasteiger partial charge >= 0.3 is 0 Å². The molecule has 6 heteroatoms. The van der Waals surface area contributed by atoms with Gasteiger partial charge in [-0.05, 0) is 42.0 Å². The van der Waals surface area contributed by atoms with E-state index >= 15 is 0 Å². The zero-order valence-electron chi connectivity index (χ0n) is 13.7. The number of aryl methyl sites for hydroxylation is 1. The summed E-state index contributed by atoms with van der Waals surface area (Å²) in [7, 11) is 0. The molecule has 3 aromatic rings. The number of rotatable bonds is 3. The molecule has 25 heavy (non-hydrogen) atoms. The molecule has 0 saturated carbocycles. The van der Waals surface area contributed by atoms with Crippen molar-refractivity contribution < 1.29 is 0 Å². The number of aromatic nitrogens is 5. The van der Waals surface area contributed by atoms with Crippen molar-refractivity contribution in [2.24, 2.45) is 4.99 Å². The van der Waals surface area contributed by atoms with Crippen LogP contribution >= 0.6 is 0 Å². The largest absolute Gasteiger partial charge is 0.288 e. The van der Waals surface area contributed by atoms with Crippen LogP contribution in [0.25, 0.3) is 22.8 Å². The van der Waals surface area contributed by atoms with Crippen LogP contribution < -0.4 is 0 Å². The van der Waals surface area contributed by atoms with Crippen LogP contribution in [0.4, 0.5) is 0 Å². The van der Waals surface area contributed by atoms with E-state index in [-0.39, 0.29) is 0 Å². The van der Waals surface area contributed by atoms with Gasteiger partial charge in [-0.1, -0.05) is 35.9 Å². The van der Waals surface area contributed by atoms with Crippen molar-refractivity contribution in [3.63, 3.8) is 0 Å². The molecule has 2 aromatic heterocycles. The summed E-state index contributed by atoms with van der Waals surface area (Å²) in [6.07, 6.45) is 7.58. The molecule has 0 unspecified atom stereocenters. The fraction of sp³-hybridized carbons (Fsp3) is 0.105. The molecule has 0 radical (unpaired) electrons. The highest BCUT2D eigenvalue weighted by molar-refractivity contribution is 6.12. The Labute approximate surface area is 145 Å². The Balaban J connectivity index is 1.68. The predicted octanol–water partition coefficient (Wildman–Crippen LogP) is 3.05. The molecular weight excluding hydrogens is 312 g/mol. The fourth-order valence-corrected chi connectivity index (χ4v) is 2.52. The van der Waals surface area contributed by atoms with Crippen LogP contribution in [0, 0.1) is 6.92 Å². The van der Waals surface area contributed by atoms with Gasteiger partial charge in [-0.25, -0.2) is 0 Å². The van der Waals surface area contributed by atoms with Gasteiger partial charge in [-0.15, -0.1) is 15.0 Å². The Kier molecular flexibility index (Phi) is 4.00. The third-order valence-electron chi connectivity index (χ3n) is 3.86. The van der Waals surface area contributed by atoms with Crippen molar-refractivity contribution in [2.45, 2.75) is 6.92 Å². The summed E-state index contributed by atoms with van der Waals surface area (Å²) in [5, 5.41) is 12.7. The van der Waals surface area contributed by atoms with Gasteiger partial charge in [0.2, 0.25) is 5.82 Å². The highest BCUT2D eigenvalue weighted by atomic mass is 15.6. The molecule has 1 aromatic carbocycles. The van der Waals surface area contributed by atoms with Crippen molar-refractivity contribution >= 4 is 17.5 Å². The lowest BCUT2D eigenvalue weighted by atomic mass is 10.0. The summed E-state index contributed by atoms with van der Waals surface area (Å²) >= 11 is 0. The summed E-state index contributed by atoms with van der Waals surface area (Å²) in [4.78, 5) is 10.2. The monoisotopic (exact) mass is 328 g/mol. The third kappa shape index (κ3) is 3.28. The average Bonchev–Trinajstić information content (AvgIpc) is 3.02. The van der Waals surface area contributed by atoms with Gasteiger partial charge < -0.3 is 0 Å². The van der Waals surface area contributed by atoms with E-state index in [1.54, 1.807) is 6.20 Å². The van der Waals surface area contributed by atoms with Crippen LogP contribution in [0.2, 0.25) is 0 Å². The minimum absolute atomic E-state index is 0.497. The highest BCUT2D eigenvalue weighted by Gasteiger charge is 2.11. The molecule has 122 valence electrons. The summed E-state index contributed by atoms with van der Waals surface area (Å²) in [6, 6.07) is 14.0. The first kappa shape index (κ1) is 15.1. The molecule has 0 saturated heterocycles. The molecule has 4 rings (SSSR count). The minimum atomic E-state index is 0.497. The maximum absolute atomic E-state index is 4.45. The summed E-state index contributed by atoms with van der Waals surface area (Å²) < 4.78 is 0. The van der Waals surface area contributed by atoms with Crippen LogP contribution in [0.3, 0.4) is 0 Å². The molecule has 0 fully saturated rings. The standard InChI is InChI=1S/C19H16N6/c1-14-5-7-15(8-6-14)16-12-17(9-11-20-13-16)25-23-19(22-24-25)18-4-2-3-10-21-18/h2-10,12-13H,11H2,1H3. The van der Waals surface area contributed by atoms with Gasteiger partial charge in [0, 0.05) is 18.0 Å². The van der Waals surface area contributed by atoms with Crippen molar-refractivity contribution in [3.05, 3.63) is 71.9 Å². The topological polar surface area (TPSA) is 68.8 Å². The number of pyridine rings is 1. The average molecular weight is 328 g/mol. The van der Waals surface area contributed by atoms with E-state index in [9.17, 15) is 0 Å². The zero-order valence-corrected chi connectivity index (χ0v) is 13.7. The van der Waals surface area contributed by atoms with Crippen molar-refractivity contribution in [3.8, 4) is 11.5 Å². The van der Waals surface area contributed by atoms with E-state index in [2.05, 4.69) is 56.6 Å². The van der Waals surface area contributed by atoms with E-state index in [1.807, 2.05) is 36.6 Å². The van der Waals surface area contributed by atoms with Gasteiger partial charge in [-0.3, -0.25) is 9.98 Å². The number of allylic oxidation sites excluding steroid dienone is 3. The normalized spacial score (nSPS) is 14.0. The molecule has 1 aliphatic heterocycles. The van der Waals surface area contributed by atoms with Gasteiger partial charge in [-0.2, -0.15) is 0 Å². The molecule has 0 amide bonds. The molecule has 0 atom stereocenters. The van der Waals surface area contributed by atoms with E-state index in [1.165, 1.54) is 10.4 Å². The summed E-state index contributed by atoms with van der Waals surface area (Å²) in [6.45, 7) is 2.64. The molecular formula is C19H16N6. The molecule has 0 bridgehead atoms. The second kappa shape index (κ2) is 6.60. The van der Waals surface area contributed by atoms with E-state index in [4.69, 9.17) is 0 Å². The lowest BCUT2D eigenvalue weighted by Crippen LogP contribution is -2.01. The summed E-state index contributed by atoms with van der Waals surface area (Å²) in [5.74, 6) is 0.497. The smallest absolute Gasteiger partial charge is 0.223 e. The quantitative estimate of drug-likeness (QED) is 0.741. The molecule has 0 spiro atoms. The number of aliphatic imine (C=N–C) groups is 1. The van der Waals surface area contributed by atoms with Crippen molar-refractivity contribution in [2.75, 3.05) is 6.54 Å². The third-order valence-corrected chi connectivity index (χ3v) is 3.86. The Hall–Kier alpha value is -3.41. The van der Waals surface area contributed by atoms with E-state index in [0.29, 0.717) is 18.1 Å². The Morgan fingerprint density at radius 1 is 1.04 bits per heavy atom. The number of nitrogens with zero attached hydrogens (tertiary/aromatic N) is 6. The number of hydrogen-bond acceptors (Lipinski definition) is 5. The van der Waals surface area contributed by atoms with Gasteiger partial charge in [0.25, 0.3) is 0 Å².